The standard InChI is InChI=1S/2C2H6O3S2.2CH3.Na.Sn/c2*3-7(4,5)2-1-6;;;;/h2*6H,1-2H2,(H,3,4,5);2*1H3;;/q;;;;+1;+2/p-2. The molecule has 0 aromatic heterocycles. The van der Waals surface area contributed by atoms with Gasteiger partial charge in [-0.25, -0.2) is 0 Å². The van der Waals surface area contributed by atoms with Crippen LogP contribution in [0.1, 0.15) is 0 Å². The molecule has 18 heavy (non-hydrogen) atoms. The second kappa shape index (κ2) is 9.36. The fourth-order valence-electron chi connectivity index (χ4n) is 0.827. The van der Waals surface area contributed by atoms with Crippen LogP contribution in [-0.2, 0) is 20.2 Å². The summed E-state index contributed by atoms with van der Waals surface area (Å²) < 4.78 is 59.2. The molecular weight excluding hydrogens is 438 g/mol. The third-order valence-corrected chi connectivity index (χ3v) is 25.9. The molecule has 0 amide bonds. The number of hydrogen-bond donors (Lipinski definition) is 2. The van der Waals surface area contributed by atoms with Crippen LogP contribution < -0.4 is 29.6 Å². The molecule has 0 aromatic carbocycles. The van der Waals surface area contributed by atoms with Gasteiger partial charge in [-0.05, 0) is 0 Å². The summed E-state index contributed by atoms with van der Waals surface area (Å²) in [6.07, 6.45) is 0. The van der Waals surface area contributed by atoms with Crippen LogP contribution in [0.5, 0.6) is 0 Å². The first-order chi connectivity index (χ1) is 7.41. The molecule has 0 fully saturated rings. The van der Waals surface area contributed by atoms with Crippen LogP contribution in [0, 0.1) is 0 Å². The predicted molar refractivity (Wildman–Crippen MR) is 75.2 cm³/mol. The van der Waals surface area contributed by atoms with Crippen LogP contribution in [0.25, 0.3) is 0 Å². The van der Waals surface area contributed by atoms with E-state index < -0.39 is 35.8 Å². The Morgan fingerprint density at radius 2 is 1.17 bits per heavy atom. The molecule has 0 aromatic rings. The normalized spacial score (nSPS) is 13.1. The maximum Gasteiger partial charge on any atom is 1.00 e. The first-order valence-corrected chi connectivity index (χ1v) is 22.5. The molecule has 0 saturated heterocycles. The van der Waals surface area contributed by atoms with Gasteiger partial charge in [0.25, 0.3) is 0 Å². The van der Waals surface area contributed by atoms with Gasteiger partial charge >= 0.3 is 142 Å². The van der Waals surface area contributed by atoms with Gasteiger partial charge in [-0.15, -0.1) is 0 Å². The predicted octanol–water partition coefficient (Wildman–Crippen LogP) is -2.07. The van der Waals surface area contributed by atoms with E-state index >= 15 is 0 Å². The van der Waals surface area contributed by atoms with Crippen molar-refractivity contribution in [3.63, 3.8) is 0 Å². The summed E-state index contributed by atoms with van der Waals surface area (Å²) in [7, 11) is -4.82. The van der Waals surface area contributed by atoms with E-state index in [0.717, 1.165) is 0 Å². The van der Waals surface area contributed by atoms with Crippen molar-refractivity contribution in [3.05, 3.63) is 0 Å². The van der Waals surface area contributed by atoms with Gasteiger partial charge in [0.05, 0.1) is 0 Å². The summed E-state index contributed by atoms with van der Waals surface area (Å²) in [5.41, 5.74) is 0. The van der Waals surface area contributed by atoms with Crippen LogP contribution in [0.3, 0.4) is 0 Å². The van der Waals surface area contributed by atoms with Gasteiger partial charge in [0, 0.05) is 0 Å². The maximum atomic E-state index is 10.5. The van der Waals surface area contributed by atoms with Gasteiger partial charge in [0.1, 0.15) is 0 Å². The average molecular weight is 454 g/mol. The summed E-state index contributed by atoms with van der Waals surface area (Å²) in [5, 5.41) is 0. The van der Waals surface area contributed by atoms with Crippen molar-refractivity contribution >= 4 is 53.7 Å². The van der Waals surface area contributed by atoms with Crippen LogP contribution in [-0.4, -0.2) is 64.6 Å². The van der Waals surface area contributed by atoms with E-state index in [1.54, 1.807) is 0 Å². The fraction of sp³-hybridized carbons (Fsp3) is 1.00. The van der Waals surface area contributed by atoms with E-state index in [2.05, 4.69) is 0 Å². The molecule has 0 rings (SSSR count). The number of rotatable bonds is 8. The Bertz CT molecular complexity index is 393. The summed E-state index contributed by atoms with van der Waals surface area (Å²) in [6.45, 7) is 0. The number of hydrogen-bond acceptors (Lipinski definition) is 6. The van der Waals surface area contributed by atoms with Crippen LogP contribution in [0.2, 0.25) is 9.88 Å². The Kier molecular flexibility index (Phi) is 11.7. The average Bonchev–Trinajstić information content (AvgIpc) is 1.96. The Morgan fingerprint density at radius 1 is 0.889 bits per heavy atom. The molecule has 0 aliphatic carbocycles. The van der Waals surface area contributed by atoms with E-state index in [9.17, 15) is 16.8 Å². The van der Waals surface area contributed by atoms with Crippen molar-refractivity contribution in [1.82, 2.24) is 0 Å². The molecule has 0 aliphatic heterocycles. The Labute approximate surface area is 140 Å². The van der Waals surface area contributed by atoms with E-state index in [1.807, 2.05) is 9.88 Å². The molecule has 0 saturated carbocycles. The van der Waals surface area contributed by atoms with Gasteiger partial charge < -0.3 is 0 Å². The molecule has 104 valence electrons. The van der Waals surface area contributed by atoms with Gasteiger partial charge in [0.15, 0.2) is 0 Å². The van der Waals surface area contributed by atoms with Gasteiger partial charge in [0.2, 0.25) is 0 Å². The molecule has 2 N–H and O–H groups in total. The zero-order chi connectivity index (χ0) is 13.7. The van der Waals surface area contributed by atoms with Crippen molar-refractivity contribution in [2.75, 3.05) is 23.0 Å². The van der Waals surface area contributed by atoms with E-state index in [4.69, 9.17) is 9.11 Å². The molecule has 0 atom stereocenters. The van der Waals surface area contributed by atoms with Gasteiger partial charge in [-0.2, -0.15) is 0 Å². The Balaban J connectivity index is 0. The van der Waals surface area contributed by atoms with Gasteiger partial charge in [-0.1, -0.05) is 0 Å². The molecule has 0 radical (unpaired) electrons. The topological polar surface area (TPSA) is 109 Å². The molecule has 0 heterocycles. The molecule has 6 nitrogen and oxygen atoms in total. The fourth-order valence-corrected chi connectivity index (χ4v) is 22.7. The van der Waals surface area contributed by atoms with Gasteiger partial charge in [-0.3, -0.25) is 0 Å². The van der Waals surface area contributed by atoms with Crippen LogP contribution in [0.4, 0.5) is 0 Å². The van der Waals surface area contributed by atoms with Crippen molar-refractivity contribution in [3.8, 4) is 0 Å². The molecule has 0 unspecified atom stereocenters. The second-order valence-electron chi connectivity index (χ2n) is 3.67. The minimum absolute atomic E-state index is 0. The molecule has 0 spiro atoms. The Hall–Kier alpha value is 2.32. The first kappa shape index (κ1) is 22.6. The SMILES string of the molecule is [CH3][Sn]([CH3])([S]CCS(=O)(=O)O)[S]CCS(=O)(=O)O.[Na+]. The third-order valence-electron chi connectivity index (χ3n) is 1.58. The summed E-state index contributed by atoms with van der Waals surface area (Å²) in [5.74, 6) is 0.0787. The van der Waals surface area contributed by atoms with Crippen molar-refractivity contribution < 1.29 is 55.5 Å². The summed E-state index contributed by atoms with van der Waals surface area (Å²) in [6, 6.07) is 0. The second-order valence-corrected chi connectivity index (χ2v) is 36.6. The monoisotopic (exact) mass is 455 g/mol. The third kappa shape index (κ3) is 16.4. The smallest absolute Gasteiger partial charge is 1.00 e. The quantitative estimate of drug-likeness (QED) is 0.319. The summed E-state index contributed by atoms with van der Waals surface area (Å²) in [4.78, 5) is 4.05. The van der Waals surface area contributed by atoms with E-state index in [-0.39, 0.29) is 41.1 Å². The molecule has 0 bridgehead atoms. The zero-order valence-electron chi connectivity index (χ0n) is 10.5. The van der Waals surface area contributed by atoms with Crippen LogP contribution >= 0.6 is 17.9 Å². The Morgan fingerprint density at radius 3 is 1.39 bits per heavy atom. The zero-order valence-corrected chi connectivity index (χ0v) is 18.6. The van der Waals surface area contributed by atoms with Crippen molar-refractivity contribution in [2.45, 2.75) is 9.88 Å². The molecular formula is C6H16NaO6S4Sn+. The first-order valence-electron chi connectivity index (χ1n) is 4.59. The summed E-state index contributed by atoms with van der Waals surface area (Å²) >= 11 is -2.56. The van der Waals surface area contributed by atoms with Crippen molar-refractivity contribution in [1.29, 1.82) is 0 Å². The maximum absolute atomic E-state index is 10.5. The van der Waals surface area contributed by atoms with E-state index in [0.29, 0.717) is 11.5 Å². The van der Waals surface area contributed by atoms with E-state index in [1.165, 1.54) is 17.9 Å². The minimum Gasteiger partial charge on any atom is 1.00 e. The largest absolute Gasteiger partial charge is 1.00 e. The molecule has 12 heteroatoms. The molecule has 0 aliphatic rings. The van der Waals surface area contributed by atoms with Crippen LogP contribution in [0.15, 0.2) is 0 Å². The minimum atomic E-state index is -3.92. The van der Waals surface area contributed by atoms with Crippen molar-refractivity contribution in [2.24, 2.45) is 0 Å².